The van der Waals surface area contributed by atoms with Crippen molar-refractivity contribution in [2.24, 2.45) is 0 Å². The van der Waals surface area contributed by atoms with E-state index in [9.17, 15) is 18.0 Å². The standard InChI is InChI=1S/C19H20ClF3N2O2/c1-3-25(11-13-8-9-17(27-2)15(20)10-13)12-18(26)24-16-7-5-4-6-14(16)19(21,22)23/h4-10H,3,11-12H2,1-2H3,(H,24,26). The Hall–Kier alpha value is -2.25. The number of carbonyl (C=O) groups excluding carboxylic acids is 1. The molecule has 0 atom stereocenters. The van der Waals surface area contributed by atoms with Gasteiger partial charge in [0.25, 0.3) is 0 Å². The second-order valence-corrected chi connectivity index (χ2v) is 6.27. The molecule has 2 aromatic carbocycles. The first-order chi connectivity index (χ1) is 12.7. The lowest BCUT2D eigenvalue weighted by molar-refractivity contribution is -0.137. The van der Waals surface area contributed by atoms with Gasteiger partial charge in [-0.25, -0.2) is 0 Å². The summed E-state index contributed by atoms with van der Waals surface area (Å²) < 4.78 is 44.2. The molecule has 0 aromatic heterocycles. The highest BCUT2D eigenvalue weighted by molar-refractivity contribution is 6.32. The topological polar surface area (TPSA) is 41.6 Å². The minimum atomic E-state index is -4.53. The van der Waals surface area contributed by atoms with E-state index in [-0.39, 0.29) is 12.2 Å². The van der Waals surface area contributed by atoms with Crippen molar-refractivity contribution in [2.45, 2.75) is 19.6 Å². The van der Waals surface area contributed by atoms with E-state index in [0.717, 1.165) is 11.6 Å². The van der Waals surface area contributed by atoms with E-state index < -0.39 is 17.6 Å². The van der Waals surface area contributed by atoms with Gasteiger partial charge in [0.05, 0.1) is 29.9 Å². The molecule has 1 amide bonds. The zero-order chi connectivity index (χ0) is 20.0. The smallest absolute Gasteiger partial charge is 0.418 e. The molecule has 0 aliphatic rings. The summed E-state index contributed by atoms with van der Waals surface area (Å²) in [5.41, 5.74) is -0.256. The number of nitrogens with zero attached hydrogens (tertiary/aromatic N) is 1. The summed E-state index contributed by atoms with van der Waals surface area (Å²) in [5.74, 6) is 0.0260. The summed E-state index contributed by atoms with van der Waals surface area (Å²) in [6.45, 7) is 2.78. The van der Waals surface area contributed by atoms with Crippen LogP contribution in [0.2, 0.25) is 5.02 Å². The fraction of sp³-hybridized carbons (Fsp3) is 0.316. The van der Waals surface area contributed by atoms with Crippen LogP contribution in [-0.2, 0) is 17.5 Å². The molecule has 1 N–H and O–H groups in total. The van der Waals surface area contributed by atoms with Gasteiger partial charge < -0.3 is 10.1 Å². The monoisotopic (exact) mass is 400 g/mol. The largest absolute Gasteiger partial charge is 0.495 e. The zero-order valence-electron chi connectivity index (χ0n) is 14.9. The van der Waals surface area contributed by atoms with Crippen molar-refractivity contribution in [3.8, 4) is 5.75 Å². The average molecular weight is 401 g/mol. The molecule has 4 nitrogen and oxygen atoms in total. The summed E-state index contributed by atoms with van der Waals surface area (Å²) in [7, 11) is 1.52. The van der Waals surface area contributed by atoms with E-state index in [2.05, 4.69) is 5.32 Å². The first-order valence-electron chi connectivity index (χ1n) is 8.25. The normalized spacial score (nSPS) is 11.5. The molecule has 0 spiro atoms. The molecule has 2 aromatic rings. The average Bonchev–Trinajstić information content (AvgIpc) is 2.60. The summed E-state index contributed by atoms with van der Waals surface area (Å²) >= 11 is 6.10. The Morgan fingerprint density at radius 1 is 1.22 bits per heavy atom. The highest BCUT2D eigenvalue weighted by Crippen LogP contribution is 2.34. The van der Waals surface area contributed by atoms with Gasteiger partial charge in [-0.1, -0.05) is 36.7 Å². The Bertz CT molecular complexity index is 797. The van der Waals surface area contributed by atoms with E-state index in [4.69, 9.17) is 16.3 Å². The van der Waals surface area contributed by atoms with Crippen molar-refractivity contribution < 1.29 is 22.7 Å². The number of amides is 1. The van der Waals surface area contributed by atoms with Gasteiger partial charge in [0.2, 0.25) is 5.91 Å². The molecule has 0 unspecified atom stereocenters. The number of methoxy groups -OCH3 is 1. The molecule has 0 saturated heterocycles. The lowest BCUT2D eigenvalue weighted by Gasteiger charge is -2.21. The van der Waals surface area contributed by atoms with Gasteiger partial charge in [0, 0.05) is 6.54 Å². The third kappa shape index (κ3) is 5.87. The van der Waals surface area contributed by atoms with E-state index in [1.54, 1.807) is 17.0 Å². The van der Waals surface area contributed by atoms with Gasteiger partial charge in [-0.15, -0.1) is 0 Å². The molecule has 2 rings (SSSR count). The van der Waals surface area contributed by atoms with Crippen LogP contribution in [0, 0.1) is 0 Å². The molecule has 0 heterocycles. The number of halogens is 4. The number of likely N-dealkylation sites (N-methyl/N-ethyl adjacent to an activating group) is 1. The van der Waals surface area contributed by atoms with Crippen LogP contribution in [-0.4, -0.2) is 31.0 Å². The molecule has 27 heavy (non-hydrogen) atoms. The Labute approximate surface area is 160 Å². The molecular weight excluding hydrogens is 381 g/mol. The van der Waals surface area contributed by atoms with Crippen molar-refractivity contribution in [3.05, 3.63) is 58.6 Å². The van der Waals surface area contributed by atoms with Crippen LogP contribution in [0.25, 0.3) is 0 Å². The minimum absolute atomic E-state index is 0.0493. The number of anilines is 1. The summed E-state index contributed by atoms with van der Waals surface area (Å²) in [4.78, 5) is 14.0. The molecule has 0 aliphatic heterocycles. The molecule has 0 saturated carbocycles. The van der Waals surface area contributed by atoms with Gasteiger partial charge in [0.15, 0.2) is 0 Å². The fourth-order valence-electron chi connectivity index (χ4n) is 2.58. The van der Waals surface area contributed by atoms with Crippen molar-refractivity contribution in [3.63, 3.8) is 0 Å². The first kappa shape index (κ1) is 21.1. The fourth-order valence-corrected chi connectivity index (χ4v) is 2.86. The molecule has 0 bridgehead atoms. The molecule has 0 fully saturated rings. The Balaban J connectivity index is 2.05. The van der Waals surface area contributed by atoms with Crippen LogP contribution in [0.5, 0.6) is 5.75 Å². The Morgan fingerprint density at radius 2 is 1.93 bits per heavy atom. The molecule has 146 valence electrons. The number of para-hydroxylation sites is 1. The van der Waals surface area contributed by atoms with E-state index >= 15 is 0 Å². The second kappa shape index (κ2) is 9.10. The number of ether oxygens (including phenoxy) is 1. The van der Waals surface area contributed by atoms with Gasteiger partial charge >= 0.3 is 6.18 Å². The number of benzene rings is 2. The number of carbonyl (C=O) groups is 1. The third-order valence-corrected chi connectivity index (χ3v) is 4.24. The van der Waals surface area contributed by atoms with Crippen LogP contribution >= 0.6 is 11.6 Å². The van der Waals surface area contributed by atoms with Gasteiger partial charge in [0.1, 0.15) is 5.75 Å². The van der Waals surface area contributed by atoms with E-state index in [1.807, 2.05) is 13.0 Å². The number of hydrogen-bond donors (Lipinski definition) is 1. The van der Waals surface area contributed by atoms with Crippen LogP contribution in [0.3, 0.4) is 0 Å². The maximum Gasteiger partial charge on any atom is 0.418 e. The van der Waals surface area contributed by atoms with Crippen molar-refractivity contribution in [1.82, 2.24) is 4.90 Å². The maximum atomic E-state index is 13.0. The number of alkyl halides is 3. The molecule has 8 heteroatoms. The maximum absolute atomic E-state index is 13.0. The van der Waals surface area contributed by atoms with Gasteiger partial charge in [-0.2, -0.15) is 13.2 Å². The number of hydrogen-bond acceptors (Lipinski definition) is 3. The highest BCUT2D eigenvalue weighted by Gasteiger charge is 2.33. The van der Waals surface area contributed by atoms with Crippen LogP contribution < -0.4 is 10.1 Å². The van der Waals surface area contributed by atoms with E-state index in [1.165, 1.54) is 25.3 Å². The molecular formula is C19H20ClF3N2O2. The highest BCUT2D eigenvalue weighted by atomic mass is 35.5. The van der Waals surface area contributed by atoms with Crippen LogP contribution in [0.1, 0.15) is 18.1 Å². The van der Waals surface area contributed by atoms with Crippen molar-refractivity contribution >= 4 is 23.2 Å². The predicted octanol–water partition coefficient (Wildman–Crippen LogP) is 4.83. The van der Waals surface area contributed by atoms with Crippen molar-refractivity contribution in [2.75, 3.05) is 25.5 Å². The Kier molecular flexibility index (Phi) is 7.10. The summed E-state index contributed by atoms with van der Waals surface area (Å²) in [6, 6.07) is 10.2. The number of rotatable bonds is 7. The summed E-state index contributed by atoms with van der Waals surface area (Å²) in [6.07, 6.45) is -4.53. The second-order valence-electron chi connectivity index (χ2n) is 5.86. The van der Waals surface area contributed by atoms with Gasteiger partial charge in [-0.3, -0.25) is 9.69 Å². The van der Waals surface area contributed by atoms with Crippen LogP contribution in [0.15, 0.2) is 42.5 Å². The molecule has 0 radical (unpaired) electrons. The first-order valence-corrected chi connectivity index (χ1v) is 8.63. The number of nitrogens with one attached hydrogen (secondary N) is 1. The predicted molar refractivity (Wildman–Crippen MR) is 99.0 cm³/mol. The van der Waals surface area contributed by atoms with E-state index in [0.29, 0.717) is 23.9 Å². The quantitative estimate of drug-likeness (QED) is 0.724. The lowest BCUT2D eigenvalue weighted by Crippen LogP contribution is -2.33. The summed E-state index contributed by atoms with van der Waals surface area (Å²) in [5, 5.41) is 2.80. The van der Waals surface area contributed by atoms with Crippen LogP contribution in [0.4, 0.5) is 18.9 Å². The van der Waals surface area contributed by atoms with Crippen molar-refractivity contribution in [1.29, 1.82) is 0 Å². The Morgan fingerprint density at radius 3 is 2.52 bits per heavy atom. The lowest BCUT2D eigenvalue weighted by atomic mass is 10.1. The minimum Gasteiger partial charge on any atom is -0.495 e. The third-order valence-electron chi connectivity index (χ3n) is 3.94. The SMILES string of the molecule is CCN(CC(=O)Nc1ccccc1C(F)(F)F)Cc1ccc(OC)c(Cl)c1. The molecule has 0 aliphatic carbocycles. The van der Waals surface area contributed by atoms with Gasteiger partial charge in [-0.05, 0) is 36.4 Å². The zero-order valence-corrected chi connectivity index (χ0v) is 15.7.